The molecule has 2 aromatic rings. The minimum Gasteiger partial charge on any atom is -0.506 e. The van der Waals surface area contributed by atoms with Gasteiger partial charge in [0, 0.05) is 22.9 Å². The van der Waals surface area contributed by atoms with Crippen LogP contribution in [0.5, 0.6) is 5.75 Å². The second-order valence-corrected chi connectivity index (χ2v) is 14.5. The third-order valence-corrected chi connectivity index (χ3v) is 9.96. The van der Waals surface area contributed by atoms with Crippen molar-refractivity contribution < 1.29 is 14.3 Å². The molecular formula is C38H45ClFNO2. The van der Waals surface area contributed by atoms with E-state index in [1.165, 1.54) is 5.56 Å². The van der Waals surface area contributed by atoms with Crippen molar-refractivity contribution in [1.29, 1.82) is 0 Å². The number of aromatic hydroxyl groups is 1. The van der Waals surface area contributed by atoms with Gasteiger partial charge in [0.05, 0.1) is 5.02 Å². The molecule has 228 valence electrons. The number of phenols is 1. The minimum absolute atomic E-state index is 0.0579. The zero-order valence-corrected chi connectivity index (χ0v) is 27.4. The van der Waals surface area contributed by atoms with Crippen molar-refractivity contribution >= 4 is 17.9 Å². The molecule has 0 fully saturated rings. The molecule has 3 unspecified atom stereocenters. The van der Waals surface area contributed by atoms with E-state index < -0.39 is 0 Å². The number of aromatic amines is 1. The number of nitrogens with one attached hydrogen (secondary N) is 1. The van der Waals surface area contributed by atoms with Gasteiger partial charge in [0.1, 0.15) is 17.9 Å². The number of hydrogen-bond donors (Lipinski definition) is 2. The van der Waals surface area contributed by atoms with Crippen molar-refractivity contribution in [3.05, 3.63) is 86.3 Å². The first kappa shape index (κ1) is 31.3. The van der Waals surface area contributed by atoms with E-state index in [4.69, 9.17) is 11.6 Å². The zero-order chi connectivity index (χ0) is 31.2. The standard InChI is InChI=1S/C38H45ClFNO2/c1-21(14-25-12-13-32(39)35(43)15-25)22(2)26-16-31-34(17-26)41-24(4)36(27(20-42)19-38(5,6)7)37(31)30-18-33(40)29-11-9-8-10-28(29)23(30)3/h12-13,15-18,20-22,27,41,43H,8-11,14,19H2,1-7H3. The average molecular weight is 602 g/mol. The van der Waals surface area contributed by atoms with Gasteiger partial charge >= 0.3 is 0 Å². The number of aldehydes is 1. The zero-order valence-electron chi connectivity index (χ0n) is 26.6. The van der Waals surface area contributed by atoms with Crippen LogP contribution in [-0.2, 0) is 24.1 Å². The molecule has 0 radical (unpaired) electrons. The van der Waals surface area contributed by atoms with E-state index in [0.29, 0.717) is 11.4 Å². The van der Waals surface area contributed by atoms with Gasteiger partial charge in [0.25, 0.3) is 0 Å². The molecule has 0 spiro atoms. The monoisotopic (exact) mass is 601 g/mol. The number of benzene rings is 2. The number of aryl methyl sites for hydroxylation is 1. The Hall–Kier alpha value is -3.11. The molecule has 3 atom stereocenters. The van der Waals surface area contributed by atoms with Crippen LogP contribution in [0.1, 0.15) is 105 Å². The number of fused-ring (bicyclic) bond motifs is 2. The van der Waals surface area contributed by atoms with Gasteiger partial charge in [-0.15, -0.1) is 0 Å². The van der Waals surface area contributed by atoms with Crippen LogP contribution in [0.25, 0.3) is 22.4 Å². The van der Waals surface area contributed by atoms with Crippen LogP contribution >= 0.6 is 11.6 Å². The molecule has 43 heavy (non-hydrogen) atoms. The second-order valence-electron chi connectivity index (χ2n) is 14.1. The minimum atomic E-state index is -0.318. The van der Waals surface area contributed by atoms with Gasteiger partial charge in [-0.05, 0) is 144 Å². The summed E-state index contributed by atoms with van der Waals surface area (Å²) < 4.78 is 15.8. The first-order valence-corrected chi connectivity index (χ1v) is 16.1. The van der Waals surface area contributed by atoms with Gasteiger partial charge < -0.3 is 14.9 Å². The summed E-state index contributed by atoms with van der Waals surface area (Å²) in [6, 6.07) is 11.7. The number of halogens is 2. The fourth-order valence-corrected chi connectivity index (χ4v) is 7.34. The molecule has 5 heteroatoms. The molecular weight excluding hydrogens is 557 g/mol. The summed E-state index contributed by atoms with van der Waals surface area (Å²) in [6.45, 7) is 15.1. The first-order chi connectivity index (χ1) is 20.3. The maximum Gasteiger partial charge on any atom is 0.134 e. The van der Waals surface area contributed by atoms with E-state index in [0.717, 1.165) is 94.3 Å². The molecule has 3 nitrogen and oxygen atoms in total. The summed E-state index contributed by atoms with van der Waals surface area (Å²) in [5.41, 5.74) is 11.2. The predicted molar refractivity (Wildman–Crippen MR) is 176 cm³/mol. The van der Waals surface area contributed by atoms with E-state index in [1.54, 1.807) is 18.2 Å². The largest absolute Gasteiger partial charge is 0.506 e. The van der Waals surface area contributed by atoms with Crippen molar-refractivity contribution in [3.63, 3.8) is 0 Å². The van der Waals surface area contributed by atoms with Gasteiger partial charge in [0.15, 0.2) is 0 Å². The maximum absolute atomic E-state index is 15.8. The van der Waals surface area contributed by atoms with Crippen molar-refractivity contribution in [2.45, 2.75) is 98.8 Å². The number of phenolic OH excluding ortho intramolecular Hbond substituents is 1. The van der Waals surface area contributed by atoms with Crippen molar-refractivity contribution in [1.82, 2.24) is 4.98 Å². The van der Waals surface area contributed by atoms with E-state index in [1.807, 2.05) is 13.0 Å². The lowest BCUT2D eigenvalue weighted by Gasteiger charge is -2.29. The van der Waals surface area contributed by atoms with Crippen LogP contribution in [0.4, 0.5) is 4.39 Å². The van der Waals surface area contributed by atoms with E-state index in [2.05, 4.69) is 58.7 Å². The van der Waals surface area contributed by atoms with Crippen molar-refractivity contribution in [2.24, 2.45) is 11.3 Å². The molecule has 3 aliphatic rings. The molecule has 2 N–H and O–H groups in total. The Bertz CT molecular complexity index is 1630. The molecule has 5 rings (SSSR count). The summed E-state index contributed by atoms with van der Waals surface area (Å²) in [5.74, 6) is 0.161. The highest BCUT2D eigenvalue weighted by atomic mass is 35.5. The molecule has 2 aromatic carbocycles. The van der Waals surface area contributed by atoms with E-state index >= 15 is 4.39 Å². The van der Waals surface area contributed by atoms with Crippen molar-refractivity contribution in [2.75, 3.05) is 0 Å². The van der Waals surface area contributed by atoms with Crippen LogP contribution in [0.15, 0.2) is 36.4 Å². The molecule has 1 aliphatic heterocycles. The summed E-state index contributed by atoms with van der Waals surface area (Å²) >= 11 is 6.04. The SMILES string of the molecule is Cc1[nH]c2cc(C(C)C(C)Cc3ccc(Cl)c(O)c3)cc-2c(-c2cc(F)c3c(c2C)CCCC3)c1C(C=O)CC(C)(C)C. The Morgan fingerprint density at radius 3 is 2.37 bits per heavy atom. The molecule has 0 amide bonds. The lowest BCUT2D eigenvalue weighted by Crippen LogP contribution is -2.17. The highest BCUT2D eigenvalue weighted by Crippen LogP contribution is 2.47. The average Bonchev–Trinajstić information content (AvgIpc) is 3.38. The second kappa shape index (κ2) is 12.1. The number of aromatic nitrogens is 1. The quantitative estimate of drug-likeness (QED) is 0.197. The Kier molecular flexibility index (Phi) is 8.82. The molecule has 1 heterocycles. The third-order valence-electron chi connectivity index (χ3n) is 9.65. The fraction of sp³-hybridized carbons (Fsp3) is 0.447. The number of hydrogen-bond acceptors (Lipinski definition) is 2. The fourth-order valence-electron chi connectivity index (χ4n) is 7.23. The normalized spacial score (nSPS) is 15.7. The Balaban J connectivity index is 1.68. The van der Waals surface area contributed by atoms with Gasteiger partial charge in [0.2, 0.25) is 0 Å². The topological polar surface area (TPSA) is 53.1 Å². The number of carbonyl (C=O) groups is 1. The third kappa shape index (κ3) is 6.27. The number of carbonyl (C=O) groups excluding carboxylic acids is 1. The molecule has 0 saturated heterocycles. The molecule has 0 aromatic heterocycles. The van der Waals surface area contributed by atoms with Crippen LogP contribution in [0.3, 0.4) is 0 Å². The maximum atomic E-state index is 15.8. The highest BCUT2D eigenvalue weighted by molar-refractivity contribution is 6.32. The van der Waals surface area contributed by atoms with Crippen LogP contribution in [-0.4, -0.2) is 16.4 Å². The predicted octanol–water partition coefficient (Wildman–Crippen LogP) is 10.5. The number of H-pyrrole nitrogens is 1. The summed E-state index contributed by atoms with van der Waals surface area (Å²) in [7, 11) is 0. The van der Waals surface area contributed by atoms with E-state index in [9.17, 15) is 9.90 Å². The molecule has 0 bridgehead atoms. The Morgan fingerprint density at radius 1 is 1.02 bits per heavy atom. The van der Waals surface area contributed by atoms with Gasteiger partial charge in [-0.1, -0.05) is 52.3 Å². The Labute approximate surface area is 261 Å². The lowest BCUT2D eigenvalue weighted by molar-refractivity contribution is -0.109. The Morgan fingerprint density at radius 2 is 1.72 bits per heavy atom. The van der Waals surface area contributed by atoms with Gasteiger partial charge in [-0.3, -0.25) is 0 Å². The van der Waals surface area contributed by atoms with Gasteiger partial charge in [-0.2, -0.15) is 0 Å². The van der Waals surface area contributed by atoms with Gasteiger partial charge in [-0.25, -0.2) is 4.39 Å². The number of rotatable bonds is 8. The summed E-state index contributed by atoms with van der Waals surface area (Å²) in [5, 5.41) is 10.5. The van der Waals surface area contributed by atoms with Crippen LogP contribution in [0.2, 0.25) is 5.02 Å². The van der Waals surface area contributed by atoms with Crippen LogP contribution < -0.4 is 0 Å². The van der Waals surface area contributed by atoms with E-state index in [-0.39, 0.29) is 34.7 Å². The first-order valence-electron chi connectivity index (χ1n) is 15.7. The lowest BCUT2D eigenvalue weighted by atomic mass is 9.76. The number of pyridine rings is 1. The summed E-state index contributed by atoms with van der Waals surface area (Å²) in [4.78, 5) is 16.4. The molecule has 2 aliphatic carbocycles. The highest BCUT2D eigenvalue weighted by Gasteiger charge is 2.31. The summed E-state index contributed by atoms with van der Waals surface area (Å²) in [6.07, 6.45) is 6.35. The smallest absolute Gasteiger partial charge is 0.134 e. The molecule has 0 saturated carbocycles. The van der Waals surface area contributed by atoms with Crippen LogP contribution in [0, 0.1) is 31.0 Å². The van der Waals surface area contributed by atoms with Crippen molar-refractivity contribution in [3.8, 4) is 28.1 Å².